The van der Waals surface area contributed by atoms with Crippen molar-refractivity contribution in [2.75, 3.05) is 6.54 Å². The highest BCUT2D eigenvalue weighted by molar-refractivity contribution is 5.88. The van der Waals surface area contributed by atoms with Gasteiger partial charge in [0.2, 0.25) is 5.91 Å². The Hall–Kier alpha value is -1.04. The second-order valence-corrected chi connectivity index (χ2v) is 6.38. The normalized spacial score (nSPS) is 28.6. The largest absolute Gasteiger partial charge is 0.335 e. The highest BCUT2D eigenvalue weighted by Gasteiger charge is 2.59. The van der Waals surface area contributed by atoms with E-state index >= 15 is 0 Å². The van der Waals surface area contributed by atoms with Crippen molar-refractivity contribution in [1.29, 1.82) is 5.26 Å². The molecule has 3 nitrogen and oxygen atoms in total. The van der Waals surface area contributed by atoms with Gasteiger partial charge in [-0.05, 0) is 33.1 Å². The lowest BCUT2D eigenvalue weighted by Gasteiger charge is -2.63. The van der Waals surface area contributed by atoms with Gasteiger partial charge in [-0.15, -0.1) is 0 Å². The van der Waals surface area contributed by atoms with Gasteiger partial charge >= 0.3 is 0 Å². The molecule has 0 aromatic rings. The topological polar surface area (TPSA) is 44.1 Å². The average molecular weight is 220 g/mol. The van der Waals surface area contributed by atoms with Crippen LogP contribution in [0.25, 0.3) is 0 Å². The number of nitriles is 1. The number of hydrogen-bond donors (Lipinski definition) is 0. The predicted octanol–water partition coefficient (Wildman–Crippen LogP) is 2.33. The maximum absolute atomic E-state index is 12.4. The zero-order valence-electron chi connectivity index (χ0n) is 10.6. The van der Waals surface area contributed by atoms with Gasteiger partial charge in [0.1, 0.15) is 5.41 Å². The molecule has 2 fully saturated rings. The van der Waals surface area contributed by atoms with Gasteiger partial charge in [-0.1, -0.05) is 13.8 Å². The molecule has 0 atom stereocenters. The molecule has 0 spiro atoms. The summed E-state index contributed by atoms with van der Waals surface area (Å²) >= 11 is 0. The maximum Gasteiger partial charge on any atom is 0.243 e. The SMILES string of the molecule is CC1(C)CN(C(=O)C2(C#N)CCC2)C1(C)C. The summed E-state index contributed by atoms with van der Waals surface area (Å²) in [5, 5.41) is 9.18. The molecule has 0 N–H and O–H groups in total. The molecule has 1 aliphatic heterocycles. The van der Waals surface area contributed by atoms with Crippen LogP contribution in [-0.4, -0.2) is 22.9 Å². The maximum atomic E-state index is 12.4. The van der Waals surface area contributed by atoms with E-state index in [1.54, 1.807) is 0 Å². The summed E-state index contributed by atoms with van der Waals surface area (Å²) in [5.41, 5.74) is -0.652. The molecule has 1 amide bonds. The molecule has 0 bridgehead atoms. The molecular formula is C13H20N2O. The number of nitrogens with zero attached hydrogens (tertiary/aromatic N) is 2. The Kier molecular flexibility index (Phi) is 2.15. The molecule has 1 aliphatic carbocycles. The molecule has 1 heterocycles. The summed E-state index contributed by atoms with van der Waals surface area (Å²) in [6.07, 6.45) is 2.50. The molecule has 88 valence electrons. The van der Waals surface area contributed by atoms with Crippen LogP contribution in [0.2, 0.25) is 0 Å². The van der Waals surface area contributed by atoms with Crippen LogP contribution in [0.4, 0.5) is 0 Å². The summed E-state index contributed by atoms with van der Waals surface area (Å²) in [6.45, 7) is 9.33. The Morgan fingerprint density at radius 3 is 2.06 bits per heavy atom. The second-order valence-electron chi connectivity index (χ2n) is 6.38. The van der Waals surface area contributed by atoms with Crippen molar-refractivity contribution in [3.05, 3.63) is 0 Å². The van der Waals surface area contributed by atoms with Gasteiger partial charge in [-0.3, -0.25) is 4.79 Å². The van der Waals surface area contributed by atoms with Crippen LogP contribution in [0, 0.1) is 22.2 Å². The minimum atomic E-state index is -0.687. The molecule has 0 aromatic carbocycles. The third-order valence-corrected chi connectivity index (χ3v) is 4.96. The molecule has 0 radical (unpaired) electrons. The molecular weight excluding hydrogens is 200 g/mol. The van der Waals surface area contributed by atoms with Crippen LogP contribution in [-0.2, 0) is 4.79 Å². The molecule has 0 aromatic heterocycles. The Labute approximate surface area is 97.4 Å². The fourth-order valence-electron chi connectivity index (χ4n) is 2.55. The van der Waals surface area contributed by atoms with Gasteiger partial charge in [-0.25, -0.2) is 0 Å². The molecule has 3 heteroatoms. The molecule has 2 rings (SSSR count). The van der Waals surface area contributed by atoms with E-state index in [-0.39, 0.29) is 16.9 Å². The van der Waals surface area contributed by atoms with Gasteiger partial charge < -0.3 is 4.90 Å². The highest BCUT2D eigenvalue weighted by Crippen LogP contribution is 2.51. The van der Waals surface area contributed by atoms with E-state index in [4.69, 9.17) is 0 Å². The monoisotopic (exact) mass is 220 g/mol. The number of carbonyl (C=O) groups excluding carboxylic acids is 1. The molecule has 1 saturated heterocycles. The Morgan fingerprint density at radius 2 is 1.81 bits per heavy atom. The van der Waals surface area contributed by atoms with Crippen molar-refractivity contribution in [3.63, 3.8) is 0 Å². The second kappa shape index (κ2) is 3.00. The zero-order chi connectivity index (χ0) is 12.2. The van der Waals surface area contributed by atoms with Crippen LogP contribution in [0.3, 0.4) is 0 Å². The lowest BCUT2D eigenvalue weighted by molar-refractivity contribution is -0.178. The average Bonchev–Trinajstić information content (AvgIpc) is 2.13. The third kappa shape index (κ3) is 1.16. The lowest BCUT2D eigenvalue weighted by atomic mass is 9.61. The number of likely N-dealkylation sites (tertiary alicyclic amines) is 1. The van der Waals surface area contributed by atoms with Crippen molar-refractivity contribution in [2.45, 2.75) is 52.5 Å². The van der Waals surface area contributed by atoms with E-state index in [1.807, 2.05) is 4.90 Å². The van der Waals surface area contributed by atoms with E-state index in [2.05, 4.69) is 33.8 Å². The smallest absolute Gasteiger partial charge is 0.243 e. The van der Waals surface area contributed by atoms with Crippen molar-refractivity contribution >= 4 is 5.91 Å². The quantitative estimate of drug-likeness (QED) is 0.680. The molecule has 2 aliphatic rings. The van der Waals surface area contributed by atoms with Gasteiger partial charge in [0.15, 0.2) is 0 Å². The number of amides is 1. The molecule has 0 unspecified atom stereocenters. The highest BCUT2D eigenvalue weighted by atomic mass is 16.2. The Bertz CT molecular complexity index is 372. The van der Waals surface area contributed by atoms with Crippen molar-refractivity contribution in [3.8, 4) is 6.07 Å². The number of carbonyl (C=O) groups is 1. The van der Waals surface area contributed by atoms with Crippen molar-refractivity contribution in [1.82, 2.24) is 4.90 Å². The third-order valence-electron chi connectivity index (χ3n) is 4.96. The Balaban J connectivity index is 2.18. The van der Waals surface area contributed by atoms with Crippen molar-refractivity contribution in [2.24, 2.45) is 10.8 Å². The van der Waals surface area contributed by atoms with Crippen LogP contribution in [0.15, 0.2) is 0 Å². The van der Waals surface area contributed by atoms with Crippen LogP contribution >= 0.6 is 0 Å². The number of hydrogen-bond acceptors (Lipinski definition) is 2. The summed E-state index contributed by atoms with van der Waals surface area (Å²) in [4.78, 5) is 14.3. The van der Waals surface area contributed by atoms with E-state index in [0.29, 0.717) is 0 Å². The standard InChI is InChI=1S/C13H20N2O/c1-11(2)9-15(12(11,3)4)10(16)13(8-14)6-5-7-13/h5-7,9H2,1-4H3. The first kappa shape index (κ1) is 11.4. The van der Waals surface area contributed by atoms with E-state index < -0.39 is 5.41 Å². The fourth-order valence-corrected chi connectivity index (χ4v) is 2.55. The lowest BCUT2D eigenvalue weighted by Crippen LogP contribution is -2.73. The summed E-state index contributed by atoms with van der Waals surface area (Å²) in [7, 11) is 0. The minimum absolute atomic E-state index is 0.0607. The molecule has 1 saturated carbocycles. The zero-order valence-corrected chi connectivity index (χ0v) is 10.6. The van der Waals surface area contributed by atoms with Crippen LogP contribution in [0.1, 0.15) is 47.0 Å². The van der Waals surface area contributed by atoms with E-state index in [1.165, 1.54) is 0 Å². The van der Waals surface area contributed by atoms with Gasteiger partial charge in [0, 0.05) is 17.5 Å². The van der Waals surface area contributed by atoms with Gasteiger partial charge in [0.05, 0.1) is 6.07 Å². The number of rotatable bonds is 1. The fraction of sp³-hybridized carbons (Fsp3) is 0.846. The summed E-state index contributed by atoms with van der Waals surface area (Å²) in [6, 6.07) is 2.24. The summed E-state index contributed by atoms with van der Waals surface area (Å²) in [5.74, 6) is 0.0607. The predicted molar refractivity (Wildman–Crippen MR) is 61.5 cm³/mol. The van der Waals surface area contributed by atoms with E-state index in [9.17, 15) is 10.1 Å². The minimum Gasteiger partial charge on any atom is -0.335 e. The first-order valence-corrected chi connectivity index (χ1v) is 6.00. The first-order valence-electron chi connectivity index (χ1n) is 6.00. The molecule has 16 heavy (non-hydrogen) atoms. The first-order chi connectivity index (χ1) is 7.27. The van der Waals surface area contributed by atoms with E-state index in [0.717, 1.165) is 25.8 Å². The van der Waals surface area contributed by atoms with Crippen molar-refractivity contribution < 1.29 is 4.79 Å². The Morgan fingerprint density at radius 1 is 1.25 bits per heavy atom. The summed E-state index contributed by atoms with van der Waals surface area (Å²) < 4.78 is 0. The van der Waals surface area contributed by atoms with Gasteiger partial charge in [-0.2, -0.15) is 5.26 Å². The van der Waals surface area contributed by atoms with Gasteiger partial charge in [0.25, 0.3) is 0 Å². The van der Waals surface area contributed by atoms with Crippen LogP contribution in [0.5, 0.6) is 0 Å². The van der Waals surface area contributed by atoms with Crippen LogP contribution < -0.4 is 0 Å².